The Morgan fingerprint density at radius 1 is 1.28 bits per heavy atom. The summed E-state index contributed by atoms with van der Waals surface area (Å²) in [6.45, 7) is 2.78. The van der Waals surface area contributed by atoms with E-state index in [2.05, 4.69) is 5.32 Å². The molecule has 3 rings (SSSR count). The number of hydrogen-bond acceptors (Lipinski definition) is 5. The van der Waals surface area contributed by atoms with Crippen molar-refractivity contribution in [1.29, 1.82) is 0 Å². The standard InChI is InChI=1S/C21H24ClN3O4/c1-14-21(27)25(11-10-24(2)3)17-12-15(8-9-19(17)29-14)23-20(26)13-28-18-7-5-4-6-16(18)22/h4-9,12,14H,10-11,13H2,1-3H3,(H,23,26). The van der Waals surface area contributed by atoms with E-state index in [1.165, 1.54) is 0 Å². The number of hydrogen-bond donors (Lipinski definition) is 1. The van der Waals surface area contributed by atoms with E-state index in [0.29, 0.717) is 41.0 Å². The van der Waals surface area contributed by atoms with E-state index < -0.39 is 6.10 Å². The fourth-order valence-corrected chi connectivity index (χ4v) is 3.11. The van der Waals surface area contributed by atoms with Crippen LogP contribution >= 0.6 is 11.6 Å². The zero-order chi connectivity index (χ0) is 21.0. The van der Waals surface area contributed by atoms with Gasteiger partial charge in [-0.05, 0) is 51.4 Å². The van der Waals surface area contributed by atoms with Crippen LogP contribution in [0.15, 0.2) is 42.5 Å². The van der Waals surface area contributed by atoms with Gasteiger partial charge in [-0.3, -0.25) is 9.59 Å². The van der Waals surface area contributed by atoms with Crippen LogP contribution in [0.25, 0.3) is 0 Å². The van der Waals surface area contributed by atoms with Crippen molar-refractivity contribution >= 4 is 34.8 Å². The summed E-state index contributed by atoms with van der Waals surface area (Å²) in [4.78, 5) is 28.6. The Kier molecular flexibility index (Phi) is 6.61. The number of likely N-dealkylation sites (N-methyl/N-ethyl adjacent to an activating group) is 1. The number of para-hydroxylation sites is 1. The molecule has 0 aromatic heterocycles. The number of nitrogens with zero attached hydrogens (tertiary/aromatic N) is 2. The highest BCUT2D eigenvalue weighted by atomic mass is 35.5. The van der Waals surface area contributed by atoms with Crippen LogP contribution in [-0.4, -0.2) is 56.6 Å². The number of anilines is 2. The highest BCUT2D eigenvalue weighted by Gasteiger charge is 2.31. The fourth-order valence-electron chi connectivity index (χ4n) is 2.92. The van der Waals surface area contributed by atoms with Gasteiger partial charge in [0.25, 0.3) is 11.8 Å². The molecule has 0 radical (unpaired) electrons. The molecule has 2 amide bonds. The molecule has 1 unspecified atom stereocenters. The molecule has 1 heterocycles. The van der Waals surface area contributed by atoms with Gasteiger partial charge in [0.05, 0.1) is 10.7 Å². The van der Waals surface area contributed by atoms with E-state index >= 15 is 0 Å². The zero-order valence-electron chi connectivity index (χ0n) is 16.6. The number of fused-ring (bicyclic) bond motifs is 1. The smallest absolute Gasteiger partial charge is 0.267 e. The fraction of sp³-hybridized carbons (Fsp3) is 0.333. The van der Waals surface area contributed by atoms with E-state index in [1.807, 2.05) is 19.0 Å². The highest BCUT2D eigenvalue weighted by Crippen LogP contribution is 2.36. The van der Waals surface area contributed by atoms with Gasteiger partial charge in [0, 0.05) is 18.8 Å². The predicted molar refractivity (Wildman–Crippen MR) is 113 cm³/mol. The van der Waals surface area contributed by atoms with Gasteiger partial charge in [-0.2, -0.15) is 0 Å². The van der Waals surface area contributed by atoms with Crippen LogP contribution in [0, 0.1) is 0 Å². The maximum Gasteiger partial charge on any atom is 0.267 e. The maximum atomic E-state index is 12.6. The van der Waals surface area contributed by atoms with Crippen molar-refractivity contribution in [3.63, 3.8) is 0 Å². The summed E-state index contributed by atoms with van der Waals surface area (Å²) in [7, 11) is 3.90. The average molecular weight is 418 g/mol. The van der Waals surface area contributed by atoms with Gasteiger partial charge in [-0.25, -0.2) is 0 Å². The number of amides is 2. The summed E-state index contributed by atoms with van der Waals surface area (Å²) < 4.78 is 11.2. The molecule has 29 heavy (non-hydrogen) atoms. The minimum absolute atomic E-state index is 0.107. The summed E-state index contributed by atoms with van der Waals surface area (Å²) in [5.74, 6) is 0.616. The minimum Gasteiger partial charge on any atom is -0.482 e. The molecule has 7 nitrogen and oxygen atoms in total. The predicted octanol–water partition coefficient (Wildman–Crippen LogP) is 3.03. The number of carbonyl (C=O) groups excluding carboxylic acids is 2. The molecule has 1 atom stereocenters. The second-order valence-corrected chi connectivity index (χ2v) is 7.41. The third-order valence-corrected chi connectivity index (χ3v) is 4.73. The molecular formula is C21H24ClN3O4. The molecule has 0 aliphatic carbocycles. The van der Waals surface area contributed by atoms with Gasteiger partial charge in [-0.15, -0.1) is 0 Å². The number of nitrogens with one attached hydrogen (secondary N) is 1. The molecule has 154 valence electrons. The van der Waals surface area contributed by atoms with Crippen LogP contribution in [0.4, 0.5) is 11.4 Å². The van der Waals surface area contributed by atoms with Crippen molar-refractivity contribution < 1.29 is 19.1 Å². The second-order valence-electron chi connectivity index (χ2n) is 7.00. The molecule has 1 aliphatic heterocycles. The SMILES string of the molecule is CC1Oc2ccc(NC(=O)COc3ccccc3Cl)cc2N(CCN(C)C)C1=O. The Morgan fingerprint density at radius 3 is 2.76 bits per heavy atom. The molecule has 2 aromatic rings. The van der Waals surface area contributed by atoms with Crippen molar-refractivity contribution in [1.82, 2.24) is 4.90 Å². The minimum atomic E-state index is -0.547. The lowest BCUT2D eigenvalue weighted by atomic mass is 10.1. The van der Waals surface area contributed by atoms with Crippen LogP contribution < -0.4 is 19.7 Å². The lowest BCUT2D eigenvalue weighted by molar-refractivity contribution is -0.125. The molecule has 1 aliphatic rings. The molecule has 0 saturated heterocycles. The summed E-state index contributed by atoms with van der Waals surface area (Å²) in [6, 6.07) is 12.2. The molecule has 0 spiro atoms. The number of carbonyl (C=O) groups is 2. The molecule has 8 heteroatoms. The summed E-state index contributed by atoms with van der Waals surface area (Å²) in [5.41, 5.74) is 1.19. The van der Waals surface area contributed by atoms with Crippen molar-refractivity contribution in [3.8, 4) is 11.5 Å². The molecule has 0 bridgehead atoms. The molecule has 0 saturated carbocycles. The first-order valence-electron chi connectivity index (χ1n) is 9.29. The normalized spacial score (nSPS) is 15.7. The van der Waals surface area contributed by atoms with E-state index in [4.69, 9.17) is 21.1 Å². The van der Waals surface area contributed by atoms with Gasteiger partial charge in [0.15, 0.2) is 12.7 Å². The first kappa shape index (κ1) is 21.0. The highest BCUT2D eigenvalue weighted by molar-refractivity contribution is 6.32. The Balaban J connectivity index is 1.70. The van der Waals surface area contributed by atoms with Crippen LogP contribution in [0.2, 0.25) is 5.02 Å². The van der Waals surface area contributed by atoms with Crippen LogP contribution in [0.5, 0.6) is 11.5 Å². The lowest BCUT2D eigenvalue weighted by Crippen LogP contribution is -2.46. The quantitative estimate of drug-likeness (QED) is 0.749. The van der Waals surface area contributed by atoms with Crippen LogP contribution in [-0.2, 0) is 9.59 Å². The molecule has 2 aromatic carbocycles. The van der Waals surface area contributed by atoms with Crippen molar-refractivity contribution in [2.24, 2.45) is 0 Å². The van der Waals surface area contributed by atoms with Crippen LogP contribution in [0.1, 0.15) is 6.92 Å². The monoisotopic (exact) mass is 417 g/mol. The number of rotatable bonds is 7. The van der Waals surface area contributed by atoms with Crippen molar-refractivity contribution in [3.05, 3.63) is 47.5 Å². The molecular weight excluding hydrogens is 394 g/mol. The van der Waals surface area contributed by atoms with E-state index in [-0.39, 0.29) is 18.4 Å². The Morgan fingerprint density at radius 2 is 2.03 bits per heavy atom. The zero-order valence-corrected chi connectivity index (χ0v) is 17.4. The Hall–Kier alpha value is -2.77. The third kappa shape index (κ3) is 5.19. The number of ether oxygens (including phenoxy) is 2. The van der Waals surface area contributed by atoms with E-state index in [1.54, 1.807) is 54.3 Å². The van der Waals surface area contributed by atoms with Gasteiger partial charge >= 0.3 is 0 Å². The van der Waals surface area contributed by atoms with E-state index in [9.17, 15) is 9.59 Å². The second kappa shape index (κ2) is 9.15. The lowest BCUT2D eigenvalue weighted by Gasteiger charge is -2.34. The Labute approximate surface area is 175 Å². The van der Waals surface area contributed by atoms with E-state index in [0.717, 1.165) is 0 Å². The maximum absolute atomic E-state index is 12.6. The number of halogens is 1. The van der Waals surface area contributed by atoms with Crippen LogP contribution in [0.3, 0.4) is 0 Å². The molecule has 0 fully saturated rings. The largest absolute Gasteiger partial charge is 0.482 e. The molecule has 1 N–H and O–H groups in total. The van der Waals surface area contributed by atoms with Gasteiger partial charge in [0.1, 0.15) is 11.5 Å². The summed E-state index contributed by atoms with van der Waals surface area (Å²) >= 11 is 6.03. The number of benzene rings is 2. The van der Waals surface area contributed by atoms with Gasteiger partial charge in [0.2, 0.25) is 0 Å². The van der Waals surface area contributed by atoms with Crippen molar-refractivity contribution in [2.45, 2.75) is 13.0 Å². The third-order valence-electron chi connectivity index (χ3n) is 4.42. The average Bonchev–Trinajstić information content (AvgIpc) is 2.68. The summed E-state index contributed by atoms with van der Waals surface area (Å²) in [5, 5.41) is 3.22. The summed E-state index contributed by atoms with van der Waals surface area (Å²) in [6.07, 6.45) is -0.547. The van der Waals surface area contributed by atoms with Gasteiger partial charge < -0.3 is 24.6 Å². The Bertz CT molecular complexity index is 903. The first-order chi connectivity index (χ1) is 13.8. The van der Waals surface area contributed by atoms with Crippen molar-refractivity contribution in [2.75, 3.05) is 44.0 Å². The van der Waals surface area contributed by atoms with Gasteiger partial charge in [-0.1, -0.05) is 23.7 Å². The first-order valence-corrected chi connectivity index (χ1v) is 9.67. The topological polar surface area (TPSA) is 71.1 Å².